The average molecular weight is 238 g/mol. The molecule has 0 saturated heterocycles. The molecular weight excluding hydrogens is 216 g/mol. The number of aromatic nitrogens is 3. The lowest BCUT2D eigenvalue weighted by Crippen LogP contribution is -2.29. The molecule has 96 valence electrons. The number of rotatable bonds is 5. The molecule has 1 aromatic heterocycles. The highest BCUT2D eigenvalue weighted by molar-refractivity contribution is 5.19. The van der Waals surface area contributed by atoms with Gasteiger partial charge in [0.15, 0.2) is 5.82 Å². The largest absolute Gasteiger partial charge is 0.368 e. The Kier molecular flexibility index (Phi) is 4.40. The number of nitrogen functional groups attached to an aromatic ring is 1. The molecular formula is C12H22N4O. The summed E-state index contributed by atoms with van der Waals surface area (Å²) in [5.41, 5.74) is 5.24. The molecule has 5 heteroatoms. The molecule has 0 saturated carbocycles. The second-order valence-electron chi connectivity index (χ2n) is 4.55. The first-order valence-electron chi connectivity index (χ1n) is 6.08. The minimum absolute atomic E-state index is 0.224. The van der Waals surface area contributed by atoms with Crippen molar-refractivity contribution < 1.29 is 4.74 Å². The summed E-state index contributed by atoms with van der Waals surface area (Å²) in [5.74, 6) is 1.82. The van der Waals surface area contributed by atoms with Crippen LogP contribution in [0.2, 0.25) is 0 Å². The highest BCUT2D eigenvalue weighted by Gasteiger charge is 2.29. The van der Waals surface area contributed by atoms with E-state index >= 15 is 0 Å². The molecule has 1 heterocycles. The van der Waals surface area contributed by atoms with E-state index in [1.54, 1.807) is 0 Å². The number of anilines is 1. The van der Waals surface area contributed by atoms with Crippen LogP contribution in [0, 0.1) is 0 Å². The molecule has 0 spiro atoms. The first-order chi connectivity index (χ1) is 7.92. The molecule has 0 aromatic carbocycles. The van der Waals surface area contributed by atoms with E-state index in [2.05, 4.69) is 15.0 Å². The van der Waals surface area contributed by atoms with Crippen LogP contribution in [0.3, 0.4) is 0 Å². The number of nitrogens with zero attached hydrogens (tertiary/aromatic N) is 3. The van der Waals surface area contributed by atoms with Crippen molar-refractivity contribution in [3.8, 4) is 0 Å². The van der Waals surface area contributed by atoms with Crippen molar-refractivity contribution in [3.05, 3.63) is 11.6 Å². The fourth-order valence-electron chi connectivity index (χ4n) is 1.55. The molecule has 0 bridgehead atoms. The summed E-state index contributed by atoms with van der Waals surface area (Å²) < 4.78 is 5.75. The van der Waals surface area contributed by atoms with Gasteiger partial charge in [-0.15, -0.1) is 0 Å². The fourth-order valence-corrected chi connectivity index (χ4v) is 1.55. The minimum Gasteiger partial charge on any atom is -0.368 e. The maximum Gasteiger partial charge on any atom is 0.223 e. The molecule has 5 nitrogen and oxygen atoms in total. The van der Waals surface area contributed by atoms with Gasteiger partial charge in [0, 0.05) is 12.5 Å². The minimum atomic E-state index is -0.491. The normalized spacial score (nSPS) is 14.9. The number of hydrogen-bond acceptors (Lipinski definition) is 5. The van der Waals surface area contributed by atoms with E-state index in [4.69, 9.17) is 10.5 Å². The second kappa shape index (κ2) is 5.40. The highest BCUT2D eigenvalue weighted by atomic mass is 16.5. The smallest absolute Gasteiger partial charge is 0.223 e. The lowest BCUT2D eigenvalue weighted by atomic mass is 10.0. The first kappa shape index (κ1) is 13.8. The maximum absolute atomic E-state index is 5.75. The summed E-state index contributed by atoms with van der Waals surface area (Å²) in [6.07, 6.45) is 0.793. The Balaban J connectivity index is 3.19. The summed E-state index contributed by atoms with van der Waals surface area (Å²) in [6, 6.07) is 0. The zero-order valence-corrected chi connectivity index (χ0v) is 11.3. The summed E-state index contributed by atoms with van der Waals surface area (Å²) in [6.45, 7) is 10.7. The Morgan fingerprint density at radius 3 is 2.35 bits per heavy atom. The lowest BCUT2D eigenvalue weighted by molar-refractivity contribution is -0.0392. The number of nitrogens with two attached hydrogens (primary N) is 1. The van der Waals surface area contributed by atoms with Crippen molar-refractivity contribution in [1.29, 1.82) is 0 Å². The van der Waals surface area contributed by atoms with Crippen LogP contribution in [0.4, 0.5) is 5.95 Å². The van der Waals surface area contributed by atoms with E-state index < -0.39 is 5.60 Å². The van der Waals surface area contributed by atoms with Gasteiger partial charge in [-0.25, -0.2) is 4.98 Å². The SMILES string of the molecule is CCOC(C)(CC)c1nc(N)nc(C(C)C)n1. The summed E-state index contributed by atoms with van der Waals surface area (Å²) in [5, 5.41) is 0. The Hall–Kier alpha value is -1.23. The van der Waals surface area contributed by atoms with Crippen LogP contribution >= 0.6 is 0 Å². The van der Waals surface area contributed by atoms with E-state index in [1.807, 2.05) is 34.6 Å². The van der Waals surface area contributed by atoms with Gasteiger partial charge in [-0.1, -0.05) is 20.8 Å². The van der Waals surface area contributed by atoms with Gasteiger partial charge < -0.3 is 10.5 Å². The monoisotopic (exact) mass is 238 g/mol. The van der Waals surface area contributed by atoms with Crippen molar-refractivity contribution in [3.63, 3.8) is 0 Å². The highest BCUT2D eigenvalue weighted by Crippen LogP contribution is 2.27. The van der Waals surface area contributed by atoms with Gasteiger partial charge in [0.2, 0.25) is 5.95 Å². The third-order valence-corrected chi connectivity index (χ3v) is 2.80. The Morgan fingerprint density at radius 2 is 1.88 bits per heavy atom. The molecule has 0 amide bonds. The predicted molar refractivity (Wildman–Crippen MR) is 67.6 cm³/mol. The standard InChI is InChI=1S/C12H22N4O/c1-6-12(5,17-7-2)10-14-9(8(3)4)15-11(13)16-10/h8H,6-7H2,1-5H3,(H2,13,14,15,16). The molecule has 17 heavy (non-hydrogen) atoms. The fraction of sp³-hybridized carbons (Fsp3) is 0.750. The molecule has 0 aliphatic carbocycles. The van der Waals surface area contributed by atoms with Gasteiger partial charge in [0.1, 0.15) is 11.4 Å². The molecule has 0 fully saturated rings. The Labute approximate surface area is 103 Å². The van der Waals surface area contributed by atoms with Gasteiger partial charge in [0.25, 0.3) is 0 Å². The molecule has 0 aliphatic rings. The lowest BCUT2D eigenvalue weighted by Gasteiger charge is -2.26. The zero-order valence-electron chi connectivity index (χ0n) is 11.3. The molecule has 1 aromatic rings. The zero-order chi connectivity index (χ0) is 13.1. The number of hydrogen-bond donors (Lipinski definition) is 1. The van der Waals surface area contributed by atoms with E-state index in [9.17, 15) is 0 Å². The summed E-state index contributed by atoms with van der Waals surface area (Å²) in [4.78, 5) is 12.8. The van der Waals surface area contributed by atoms with E-state index in [-0.39, 0.29) is 11.9 Å². The Bertz CT molecular complexity index is 381. The van der Waals surface area contributed by atoms with Crippen molar-refractivity contribution in [2.75, 3.05) is 12.3 Å². The number of ether oxygens (including phenoxy) is 1. The molecule has 2 N–H and O–H groups in total. The quantitative estimate of drug-likeness (QED) is 0.851. The average Bonchev–Trinajstić information content (AvgIpc) is 2.28. The van der Waals surface area contributed by atoms with Crippen molar-refractivity contribution >= 4 is 5.95 Å². The molecule has 0 radical (unpaired) electrons. The van der Waals surface area contributed by atoms with Crippen LogP contribution in [-0.4, -0.2) is 21.6 Å². The third-order valence-electron chi connectivity index (χ3n) is 2.80. The van der Waals surface area contributed by atoms with Gasteiger partial charge >= 0.3 is 0 Å². The van der Waals surface area contributed by atoms with Gasteiger partial charge in [-0.05, 0) is 20.3 Å². The van der Waals surface area contributed by atoms with Crippen LogP contribution in [0.15, 0.2) is 0 Å². The van der Waals surface area contributed by atoms with Gasteiger partial charge in [-0.3, -0.25) is 0 Å². The van der Waals surface area contributed by atoms with Gasteiger partial charge in [0.05, 0.1) is 0 Å². The van der Waals surface area contributed by atoms with Crippen LogP contribution < -0.4 is 5.73 Å². The molecule has 1 rings (SSSR count). The second-order valence-corrected chi connectivity index (χ2v) is 4.55. The topological polar surface area (TPSA) is 73.9 Å². The molecule has 0 aliphatic heterocycles. The van der Waals surface area contributed by atoms with Crippen LogP contribution in [0.1, 0.15) is 58.6 Å². The summed E-state index contributed by atoms with van der Waals surface area (Å²) >= 11 is 0. The summed E-state index contributed by atoms with van der Waals surface area (Å²) in [7, 11) is 0. The van der Waals surface area contributed by atoms with Crippen molar-refractivity contribution in [2.24, 2.45) is 0 Å². The first-order valence-corrected chi connectivity index (χ1v) is 6.08. The van der Waals surface area contributed by atoms with Crippen LogP contribution in [-0.2, 0) is 10.3 Å². The van der Waals surface area contributed by atoms with E-state index in [0.717, 1.165) is 6.42 Å². The molecule has 1 unspecified atom stereocenters. The third kappa shape index (κ3) is 3.12. The Morgan fingerprint density at radius 1 is 1.24 bits per heavy atom. The van der Waals surface area contributed by atoms with Crippen molar-refractivity contribution in [2.45, 2.75) is 52.6 Å². The van der Waals surface area contributed by atoms with Crippen LogP contribution in [0.25, 0.3) is 0 Å². The van der Waals surface area contributed by atoms with Gasteiger partial charge in [-0.2, -0.15) is 9.97 Å². The molecule has 1 atom stereocenters. The van der Waals surface area contributed by atoms with E-state index in [1.165, 1.54) is 0 Å². The van der Waals surface area contributed by atoms with Crippen LogP contribution in [0.5, 0.6) is 0 Å². The predicted octanol–water partition coefficient (Wildman–Crippen LogP) is 2.24. The maximum atomic E-state index is 5.75. The van der Waals surface area contributed by atoms with E-state index in [0.29, 0.717) is 18.3 Å². The van der Waals surface area contributed by atoms with Crippen molar-refractivity contribution in [1.82, 2.24) is 15.0 Å².